The van der Waals surface area contributed by atoms with Gasteiger partial charge in [-0.3, -0.25) is 0 Å². The maximum absolute atomic E-state index is 5.43. The van der Waals surface area contributed by atoms with Crippen molar-refractivity contribution in [3.8, 4) is 5.75 Å². The van der Waals surface area contributed by atoms with Gasteiger partial charge in [0.05, 0.1) is 14.2 Å². The summed E-state index contributed by atoms with van der Waals surface area (Å²) in [6.45, 7) is 17.8. The highest BCUT2D eigenvalue weighted by Crippen LogP contribution is 2.44. The maximum atomic E-state index is 5.43. The highest BCUT2D eigenvalue weighted by atomic mass is 16.5. The molecule has 0 aliphatic heterocycles. The first kappa shape index (κ1) is 26.3. The van der Waals surface area contributed by atoms with Gasteiger partial charge in [-0.1, -0.05) is 66.3 Å². The van der Waals surface area contributed by atoms with Crippen LogP contribution in [0.15, 0.2) is 85.3 Å². The van der Waals surface area contributed by atoms with Gasteiger partial charge in [0.1, 0.15) is 11.5 Å². The van der Waals surface area contributed by atoms with Crippen LogP contribution in [-0.4, -0.2) is 14.2 Å². The summed E-state index contributed by atoms with van der Waals surface area (Å²) < 4.78 is 10.8. The summed E-state index contributed by atoms with van der Waals surface area (Å²) in [6, 6.07) is 16.9. The molecule has 0 amide bonds. The van der Waals surface area contributed by atoms with Crippen LogP contribution in [0.3, 0.4) is 0 Å². The van der Waals surface area contributed by atoms with Crippen molar-refractivity contribution in [1.82, 2.24) is 0 Å². The highest BCUT2D eigenvalue weighted by Gasteiger charge is 2.31. The van der Waals surface area contributed by atoms with E-state index in [1.54, 1.807) is 20.3 Å². The van der Waals surface area contributed by atoms with E-state index in [9.17, 15) is 0 Å². The summed E-state index contributed by atoms with van der Waals surface area (Å²) in [5.74, 6) is 2.01. The predicted octanol–water partition coefficient (Wildman–Crippen LogP) is 8.63. The number of nitrogens with zero attached hydrogens (tertiary/aromatic N) is 1. The van der Waals surface area contributed by atoms with Crippen LogP contribution in [0.1, 0.15) is 59.4 Å². The van der Waals surface area contributed by atoms with Crippen LogP contribution < -0.4 is 9.64 Å². The molecule has 0 fully saturated rings. The Morgan fingerprint density at radius 1 is 0.939 bits per heavy atom. The van der Waals surface area contributed by atoms with Crippen molar-refractivity contribution in [2.75, 3.05) is 19.1 Å². The van der Waals surface area contributed by atoms with Gasteiger partial charge in [-0.25, -0.2) is 0 Å². The monoisotopic (exact) mass is 447 g/mol. The number of allylic oxidation sites excluding steroid dienone is 3. The first-order valence-electron chi connectivity index (χ1n) is 11.6. The van der Waals surface area contributed by atoms with E-state index >= 15 is 0 Å². The molecule has 2 rings (SSSR count). The van der Waals surface area contributed by atoms with Gasteiger partial charge in [0.25, 0.3) is 0 Å². The van der Waals surface area contributed by atoms with Gasteiger partial charge in [-0.2, -0.15) is 0 Å². The molecule has 0 bridgehead atoms. The van der Waals surface area contributed by atoms with Crippen molar-refractivity contribution in [2.45, 2.75) is 53.9 Å². The SMILES string of the molecule is C=C/C=C(\C=C/N(c1ccc(OC)cc1)c1ccc(C(C)C(C)(C)CC(C)(C)C)cc1)OC. The zero-order chi connectivity index (χ0) is 24.6. The van der Waals surface area contributed by atoms with Crippen LogP contribution in [0.4, 0.5) is 11.4 Å². The Kier molecular flexibility index (Phi) is 8.99. The molecule has 3 heteroatoms. The largest absolute Gasteiger partial charge is 0.497 e. The van der Waals surface area contributed by atoms with Gasteiger partial charge in [0, 0.05) is 17.6 Å². The highest BCUT2D eigenvalue weighted by molar-refractivity contribution is 5.67. The molecular weight excluding hydrogens is 406 g/mol. The van der Waals surface area contributed by atoms with Crippen molar-refractivity contribution in [3.05, 3.63) is 90.9 Å². The number of rotatable bonds is 10. The molecular formula is C30H41NO2. The van der Waals surface area contributed by atoms with Crippen LogP contribution in [0, 0.1) is 10.8 Å². The molecule has 3 nitrogen and oxygen atoms in total. The molecule has 0 heterocycles. The van der Waals surface area contributed by atoms with E-state index in [1.165, 1.54) is 12.0 Å². The molecule has 0 spiro atoms. The van der Waals surface area contributed by atoms with E-state index < -0.39 is 0 Å². The molecule has 2 aromatic rings. The number of hydrogen-bond donors (Lipinski definition) is 0. The molecule has 0 aliphatic rings. The third kappa shape index (κ3) is 7.56. The number of methoxy groups -OCH3 is 2. The number of anilines is 2. The average molecular weight is 448 g/mol. The second-order valence-corrected chi connectivity index (χ2v) is 10.4. The third-order valence-corrected chi connectivity index (χ3v) is 6.09. The van der Waals surface area contributed by atoms with Crippen LogP contribution in [0.25, 0.3) is 0 Å². The lowest BCUT2D eigenvalue weighted by Gasteiger charge is -2.38. The number of benzene rings is 2. The lowest BCUT2D eigenvalue weighted by molar-refractivity contribution is 0.181. The smallest absolute Gasteiger partial charge is 0.120 e. The van der Waals surface area contributed by atoms with E-state index in [0.29, 0.717) is 11.3 Å². The van der Waals surface area contributed by atoms with Crippen LogP contribution in [0.2, 0.25) is 0 Å². The number of ether oxygens (including phenoxy) is 2. The lowest BCUT2D eigenvalue weighted by Crippen LogP contribution is -2.26. The first-order valence-corrected chi connectivity index (χ1v) is 11.6. The van der Waals surface area contributed by atoms with Gasteiger partial charge in [-0.05, 0) is 77.3 Å². The topological polar surface area (TPSA) is 21.7 Å². The Hall–Kier alpha value is -2.94. The Bertz CT molecular complexity index is 944. The molecule has 0 aliphatic carbocycles. The van der Waals surface area contributed by atoms with Crippen molar-refractivity contribution in [1.29, 1.82) is 0 Å². The molecule has 178 valence electrons. The van der Waals surface area contributed by atoms with Crippen LogP contribution in [0.5, 0.6) is 5.75 Å². The summed E-state index contributed by atoms with van der Waals surface area (Å²) in [5.41, 5.74) is 3.98. The van der Waals surface area contributed by atoms with E-state index in [-0.39, 0.29) is 5.41 Å². The fourth-order valence-corrected chi connectivity index (χ4v) is 4.41. The summed E-state index contributed by atoms with van der Waals surface area (Å²) in [6.07, 6.45) is 8.68. The Morgan fingerprint density at radius 3 is 1.94 bits per heavy atom. The van der Waals surface area contributed by atoms with Crippen molar-refractivity contribution < 1.29 is 9.47 Å². The molecule has 0 saturated heterocycles. The zero-order valence-corrected chi connectivity index (χ0v) is 21.7. The summed E-state index contributed by atoms with van der Waals surface area (Å²) in [4.78, 5) is 2.14. The van der Waals surface area contributed by atoms with E-state index in [4.69, 9.17) is 9.47 Å². The van der Waals surface area contributed by atoms with E-state index in [0.717, 1.165) is 22.9 Å². The van der Waals surface area contributed by atoms with Crippen molar-refractivity contribution in [3.63, 3.8) is 0 Å². The third-order valence-electron chi connectivity index (χ3n) is 6.09. The first-order chi connectivity index (χ1) is 15.5. The molecule has 1 atom stereocenters. The molecule has 0 radical (unpaired) electrons. The Balaban J connectivity index is 2.39. The van der Waals surface area contributed by atoms with E-state index in [2.05, 4.69) is 89.4 Å². The lowest BCUT2D eigenvalue weighted by atomic mass is 9.67. The summed E-state index contributed by atoms with van der Waals surface area (Å²) in [7, 11) is 3.34. The molecule has 2 aromatic carbocycles. The average Bonchev–Trinajstić information content (AvgIpc) is 2.77. The predicted molar refractivity (Wildman–Crippen MR) is 142 cm³/mol. The molecule has 1 unspecified atom stereocenters. The van der Waals surface area contributed by atoms with Crippen molar-refractivity contribution >= 4 is 11.4 Å². The van der Waals surface area contributed by atoms with Gasteiger partial charge >= 0.3 is 0 Å². The minimum atomic E-state index is 0.207. The summed E-state index contributed by atoms with van der Waals surface area (Å²) >= 11 is 0. The van der Waals surface area contributed by atoms with Gasteiger partial charge < -0.3 is 14.4 Å². The van der Waals surface area contributed by atoms with Crippen molar-refractivity contribution in [2.24, 2.45) is 10.8 Å². The molecule has 0 saturated carbocycles. The maximum Gasteiger partial charge on any atom is 0.120 e. The fourth-order valence-electron chi connectivity index (χ4n) is 4.41. The van der Waals surface area contributed by atoms with Crippen LogP contribution in [-0.2, 0) is 4.74 Å². The minimum absolute atomic E-state index is 0.207. The van der Waals surface area contributed by atoms with E-state index in [1.807, 2.05) is 30.5 Å². The second kappa shape index (κ2) is 11.3. The van der Waals surface area contributed by atoms with Gasteiger partial charge in [0.15, 0.2) is 0 Å². The quantitative estimate of drug-likeness (QED) is 0.269. The summed E-state index contributed by atoms with van der Waals surface area (Å²) in [5, 5.41) is 0. The second-order valence-electron chi connectivity index (χ2n) is 10.4. The molecule has 0 aromatic heterocycles. The Labute approximate surface area is 201 Å². The standard InChI is InChI=1S/C30H41NO2/c1-10-11-27(32-8)20-21-31(26-16-18-28(33-9)19-17-26)25-14-12-24(13-15-25)23(2)30(6,7)22-29(3,4)5/h10-21,23H,1,22H2,2-9H3/b21-20-,27-11+. The Morgan fingerprint density at radius 2 is 1.48 bits per heavy atom. The normalized spacial score (nSPS) is 13.6. The number of hydrogen-bond acceptors (Lipinski definition) is 3. The minimum Gasteiger partial charge on any atom is -0.497 e. The van der Waals surface area contributed by atoms with Gasteiger partial charge in [-0.15, -0.1) is 0 Å². The van der Waals surface area contributed by atoms with Crippen LogP contribution >= 0.6 is 0 Å². The van der Waals surface area contributed by atoms with Gasteiger partial charge in [0.2, 0.25) is 0 Å². The molecule has 0 N–H and O–H groups in total. The fraction of sp³-hybridized carbons (Fsp3) is 0.400. The zero-order valence-electron chi connectivity index (χ0n) is 21.7. The molecule has 33 heavy (non-hydrogen) atoms.